The Labute approximate surface area is 253 Å². The SMILES string of the molecule is BC(B)(B)c1cc(CN2CCCC(C)CC2)cc2c1CN(c1cccc(C3(Cc4nncn4C)CC(C#C)C3)c1)C2=O. The van der Waals surface area contributed by atoms with Gasteiger partial charge in [-0.2, -0.15) is 0 Å². The Kier molecular flexibility index (Phi) is 7.64. The van der Waals surface area contributed by atoms with Crippen LogP contribution in [0.2, 0.25) is 0 Å². The number of benzene rings is 2. The number of hydrogen-bond donors (Lipinski definition) is 0. The second kappa shape index (κ2) is 11.1. The summed E-state index contributed by atoms with van der Waals surface area (Å²) in [6.07, 6.45) is 14.0. The number of rotatable bonds is 7. The summed E-state index contributed by atoms with van der Waals surface area (Å²) >= 11 is 0. The van der Waals surface area contributed by atoms with Crippen LogP contribution < -0.4 is 4.90 Å². The van der Waals surface area contributed by atoms with Crippen LogP contribution in [-0.2, 0) is 37.1 Å². The zero-order chi connectivity index (χ0) is 29.6. The first-order valence-electron chi connectivity index (χ1n) is 15.7. The molecule has 42 heavy (non-hydrogen) atoms. The number of fused-ring (bicyclic) bond motifs is 1. The molecule has 2 aromatic carbocycles. The van der Waals surface area contributed by atoms with Crippen LogP contribution in [0.15, 0.2) is 42.7 Å². The highest BCUT2D eigenvalue weighted by Gasteiger charge is 2.46. The standard InChI is InChI=1S/C33H42B3N5O/c1-4-23-16-32(17-23,18-30-38-37-21-39(30)3)25-8-5-9-26(15-25)41-20-28-27(31(41)42)13-24(14-29(28)33(34,35)36)19-40-11-6-7-22(2)10-12-40/h1,5,8-9,13-15,21-23H,6-7,10-12,16-20,34-36H2,2-3H3. The van der Waals surface area contributed by atoms with Crippen LogP contribution in [0.25, 0.3) is 0 Å². The number of anilines is 1. The highest BCUT2D eigenvalue weighted by molar-refractivity contribution is 6.59. The van der Waals surface area contributed by atoms with E-state index < -0.39 is 0 Å². The van der Waals surface area contributed by atoms with Crippen molar-refractivity contribution in [2.24, 2.45) is 18.9 Å². The van der Waals surface area contributed by atoms with Gasteiger partial charge >= 0.3 is 0 Å². The Morgan fingerprint density at radius 2 is 1.95 bits per heavy atom. The first-order valence-corrected chi connectivity index (χ1v) is 15.7. The van der Waals surface area contributed by atoms with Gasteiger partial charge in [0.05, 0.1) is 30.1 Å². The van der Waals surface area contributed by atoms with Crippen molar-refractivity contribution in [3.8, 4) is 12.3 Å². The van der Waals surface area contributed by atoms with Crippen LogP contribution in [0.4, 0.5) is 5.69 Å². The van der Waals surface area contributed by atoms with E-state index in [-0.39, 0.29) is 22.4 Å². The quantitative estimate of drug-likeness (QED) is 0.330. The van der Waals surface area contributed by atoms with E-state index >= 15 is 0 Å². The molecule has 0 spiro atoms. The minimum atomic E-state index is -0.0993. The predicted molar refractivity (Wildman–Crippen MR) is 177 cm³/mol. The Bertz CT molecular complexity index is 1530. The van der Waals surface area contributed by atoms with Crippen molar-refractivity contribution in [1.29, 1.82) is 0 Å². The van der Waals surface area contributed by atoms with E-state index in [4.69, 9.17) is 6.42 Å². The Hall–Kier alpha value is -3.24. The molecule has 2 fully saturated rings. The molecule has 1 saturated heterocycles. The van der Waals surface area contributed by atoms with Gasteiger partial charge in [0.2, 0.25) is 0 Å². The van der Waals surface area contributed by atoms with Crippen molar-refractivity contribution in [2.75, 3.05) is 18.0 Å². The minimum Gasteiger partial charge on any atom is -0.321 e. The molecule has 3 aromatic rings. The average molecular weight is 557 g/mol. The third-order valence-corrected chi connectivity index (χ3v) is 10.0. The van der Waals surface area contributed by atoms with Gasteiger partial charge in [-0.25, -0.2) is 0 Å². The molecule has 1 aromatic heterocycles. The lowest BCUT2D eigenvalue weighted by atomic mass is 9.39. The van der Waals surface area contributed by atoms with Gasteiger partial charge in [0, 0.05) is 42.6 Å². The Morgan fingerprint density at radius 1 is 1.14 bits per heavy atom. The van der Waals surface area contributed by atoms with Gasteiger partial charge in [-0.1, -0.05) is 35.8 Å². The normalized spacial score (nSPS) is 24.6. The van der Waals surface area contributed by atoms with Crippen molar-refractivity contribution in [1.82, 2.24) is 19.7 Å². The van der Waals surface area contributed by atoms with Crippen molar-refractivity contribution < 1.29 is 4.79 Å². The van der Waals surface area contributed by atoms with Gasteiger partial charge in [0.15, 0.2) is 0 Å². The number of terminal acetylenes is 1. The Morgan fingerprint density at radius 3 is 2.67 bits per heavy atom. The van der Waals surface area contributed by atoms with Crippen LogP contribution in [0.5, 0.6) is 0 Å². The maximum atomic E-state index is 14.1. The van der Waals surface area contributed by atoms with Gasteiger partial charge in [0.25, 0.3) is 5.91 Å². The van der Waals surface area contributed by atoms with Crippen LogP contribution in [0.1, 0.15) is 77.5 Å². The van der Waals surface area contributed by atoms with Gasteiger partial charge in [-0.15, -0.1) is 22.5 Å². The second-order valence-electron chi connectivity index (χ2n) is 14.3. The molecule has 2 aliphatic heterocycles. The molecular formula is C33H42B3N5O. The van der Waals surface area contributed by atoms with Gasteiger partial charge in [-0.05, 0) is 86.0 Å². The van der Waals surface area contributed by atoms with Crippen molar-refractivity contribution in [3.05, 3.63) is 76.4 Å². The van der Waals surface area contributed by atoms with Crippen molar-refractivity contribution in [2.45, 2.75) is 69.1 Å². The van der Waals surface area contributed by atoms with E-state index in [1.54, 1.807) is 6.33 Å². The maximum Gasteiger partial charge on any atom is 0.258 e. The highest BCUT2D eigenvalue weighted by Crippen LogP contribution is 2.50. The fraction of sp³-hybridized carbons (Fsp3) is 0.485. The molecule has 214 valence electrons. The first kappa shape index (κ1) is 28.9. The lowest BCUT2D eigenvalue weighted by Gasteiger charge is -2.46. The summed E-state index contributed by atoms with van der Waals surface area (Å²) in [6, 6.07) is 13.2. The van der Waals surface area contributed by atoms with Crippen LogP contribution in [0, 0.1) is 24.2 Å². The molecular weight excluding hydrogens is 515 g/mol. The first-order chi connectivity index (χ1) is 20.1. The molecule has 0 radical (unpaired) electrons. The number of amides is 1. The smallest absolute Gasteiger partial charge is 0.258 e. The molecule has 1 saturated carbocycles. The molecule has 3 aliphatic rings. The summed E-state index contributed by atoms with van der Waals surface area (Å²) in [7, 11) is 8.79. The molecule has 0 bridgehead atoms. The molecule has 9 heteroatoms. The molecule has 1 atom stereocenters. The van der Waals surface area contributed by atoms with Crippen LogP contribution in [-0.4, -0.2) is 62.2 Å². The topological polar surface area (TPSA) is 54.3 Å². The van der Waals surface area contributed by atoms with E-state index in [9.17, 15) is 4.79 Å². The third kappa shape index (κ3) is 5.46. The van der Waals surface area contributed by atoms with Crippen LogP contribution in [0.3, 0.4) is 0 Å². The van der Waals surface area contributed by atoms with E-state index in [0.29, 0.717) is 6.54 Å². The summed E-state index contributed by atoms with van der Waals surface area (Å²) < 4.78 is 1.99. The molecule has 1 amide bonds. The minimum absolute atomic E-state index is 0.0537. The predicted octanol–water partition coefficient (Wildman–Crippen LogP) is 2.13. The molecule has 0 N–H and O–H groups in total. The van der Waals surface area contributed by atoms with Crippen molar-refractivity contribution in [3.63, 3.8) is 0 Å². The second-order valence-corrected chi connectivity index (χ2v) is 14.3. The molecule has 1 unspecified atom stereocenters. The number of carbonyl (C=O) groups excluding carboxylic acids is 1. The number of carbonyl (C=O) groups is 1. The fourth-order valence-corrected chi connectivity index (χ4v) is 7.43. The molecule has 6 rings (SSSR count). The molecule has 1 aliphatic carbocycles. The third-order valence-electron chi connectivity index (χ3n) is 10.0. The summed E-state index contributed by atoms with van der Waals surface area (Å²) in [6.45, 7) is 6.15. The summed E-state index contributed by atoms with van der Waals surface area (Å²) in [5.41, 5.74) is 6.68. The molecule has 3 heterocycles. The largest absolute Gasteiger partial charge is 0.321 e. The van der Waals surface area contributed by atoms with E-state index in [1.807, 2.05) is 16.5 Å². The summed E-state index contributed by atoms with van der Waals surface area (Å²) in [4.78, 5) is 18.7. The number of nitrogens with zero attached hydrogens (tertiary/aromatic N) is 5. The van der Waals surface area contributed by atoms with E-state index in [0.717, 1.165) is 61.9 Å². The summed E-state index contributed by atoms with van der Waals surface area (Å²) in [5.74, 6) is 5.08. The lowest BCUT2D eigenvalue weighted by molar-refractivity contribution is 0.0996. The number of hydrogen-bond acceptors (Lipinski definition) is 4. The highest BCUT2D eigenvalue weighted by atomic mass is 16.2. The Balaban J connectivity index is 1.31. The lowest BCUT2D eigenvalue weighted by Crippen LogP contribution is -2.43. The van der Waals surface area contributed by atoms with Gasteiger partial charge in [-0.3, -0.25) is 9.69 Å². The number of aryl methyl sites for hydroxylation is 1. The van der Waals surface area contributed by atoms with E-state index in [2.05, 4.69) is 87.9 Å². The van der Waals surface area contributed by atoms with Crippen molar-refractivity contribution >= 4 is 35.1 Å². The monoisotopic (exact) mass is 557 g/mol. The average Bonchev–Trinajstić information content (AvgIpc) is 3.42. The zero-order valence-corrected chi connectivity index (χ0v) is 26.0. The fourth-order valence-electron chi connectivity index (χ4n) is 7.43. The van der Waals surface area contributed by atoms with Crippen LogP contribution >= 0.6 is 0 Å². The number of likely N-dealkylation sites (tertiary alicyclic amines) is 1. The zero-order valence-electron chi connectivity index (χ0n) is 26.0. The summed E-state index contributed by atoms with van der Waals surface area (Å²) in [5, 5.41) is 8.44. The van der Waals surface area contributed by atoms with Gasteiger partial charge in [0.1, 0.15) is 12.2 Å². The maximum absolute atomic E-state index is 14.1. The van der Waals surface area contributed by atoms with E-state index in [1.165, 1.54) is 41.5 Å². The number of aromatic nitrogens is 3. The van der Waals surface area contributed by atoms with Gasteiger partial charge < -0.3 is 9.47 Å². The molecule has 6 nitrogen and oxygen atoms in total.